The van der Waals surface area contributed by atoms with E-state index in [0.717, 1.165) is 23.2 Å². The van der Waals surface area contributed by atoms with Gasteiger partial charge in [-0.05, 0) is 18.1 Å². The Morgan fingerprint density at radius 2 is 2.26 bits per heavy atom. The van der Waals surface area contributed by atoms with Gasteiger partial charge in [0, 0.05) is 25.0 Å². The number of hydrogen-bond donors (Lipinski definition) is 2. The van der Waals surface area contributed by atoms with Crippen molar-refractivity contribution in [2.45, 2.75) is 19.4 Å². The molecule has 0 bridgehead atoms. The highest BCUT2D eigenvalue weighted by Crippen LogP contribution is 2.25. The molecule has 0 fully saturated rings. The number of rotatable bonds is 5. The standard InChI is InChI=1S/C13H19N5O/c1-4-12-11(8-18(2)17-12)13(16-14)9-5-10(19-3)7-15-6-9/h5-8,13,16H,4,14H2,1-3H3. The van der Waals surface area contributed by atoms with E-state index in [2.05, 4.69) is 22.4 Å². The molecule has 2 rings (SSSR count). The molecular formula is C13H19N5O. The summed E-state index contributed by atoms with van der Waals surface area (Å²) >= 11 is 0. The van der Waals surface area contributed by atoms with Crippen LogP contribution in [0.25, 0.3) is 0 Å². The lowest BCUT2D eigenvalue weighted by molar-refractivity contribution is 0.411. The zero-order valence-corrected chi connectivity index (χ0v) is 11.4. The Labute approximate surface area is 112 Å². The zero-order chi connectivity index (χ0) is 13.8. The maximum Gasteiger partial charge on any atom is 0.137 e. The lowest BCUT2D eigenvalue weighted by Gasteiger charge is -2.16. The van der Waals surface area contributed by atoms with Crippen LogP contribution in [0.1, 0.15) is 29.8 Å². The normalized spacial score (nSPS) is 12.4. The Hall–Kier alpha value is -1.92. The highest BCUT2D eigenvalue weighted by molar-refractivity contribution is 5.35. The first-order valence-corrected chi connectivity index (χ1v) is 6.17. The maximum absolute atomic E-state index is 5.71. The molecular weight excluding hydrogens is 242 g/mol. The third-order valence-electron chi connectivity index (χ3n) is 3.05. The largest absolute Gasteiger partial charge is 0.495 e. The van der Waals surface area contributed by atoms with Gasteiger partial charge in [-0.2, -0.15) is 5.10 Å². The first-order chi connectivity index (χ1) is 9.19. The topological polar surface area (TPSA) is 78.0 Å². The summed E-state index contributed by atoms with van der Waals surface area (Å²) in [5.41, 5.74) is 5.85. The molecule has 0 aromatic carbocycles. The van der Waals surface area contributed by atoms with Gasteiger partial charge < -0.3 is 4.74 Å². The summed E-state index contributed by atoms with van der Waals surface area (Å²) in [4.78, 5) is 4.16. The summed E-state index contributed by atoms with van der Waals surface area (Å²) in [6.07, 6.45) is 6.27. The first kappa shape index (κ1) is 13.5. The molecule has 2 aromatic heterocycles. The van der Waals surface area contributed by atoms with Gasteiger partial charge in [0.25, 0.3) is 0 Å². The molecule has 0 spiro atoms. The molecule has 0 radical (unpaired) electrons. The van der Waals surface area contributed by atoms with Crippen LogP contribution in [0.4, 0.5) is 0 Å². The van der Waals surface area contributed by atoms with Crippen molar-refractivity contribution in [3.63, 3.8) is 0 Å². The Bertz CT molecular complexity index is 552. The highest BCUT2D eigenvalue weighted by Gasteiger charge is 2.19. The van der Waals surface area contributed by atoms with E-state index in [-0.39, 0.29) is 6.04 Å². The number of aromatic nitrogens is 3. The average Bonchev–Trinajstić information content (AvgIpc) is 2.81. The number of aryl methyl sites for hydroxylation is 2. The number of ether oxygens (including phenoxy) is 1. The van der Waals surface area contributed by atoms with Gasteiger partial charge in [0.2, 0.25) is 0 Å². The summed E-state index contributed by atoms with van der Waals surface area (Å²) in [5.74, 6) is 6.41. The Morgan fingerprint density at radius 1 is 1.47 bits per heavy atom. The van der Waals surface area contributed by atoms with Crippen molar-refractivity contribution in [2.75, 3.05) is 7.11 Å². The van der Waals surface area contributed by atoms with E-state index in [0.29, 0.717) is 5.75 Å². The van der Waals surface area contributed by atoms with Crippen molar-refractivity contribution in [3.8, 4) is 5.75 Å². The molecule has 1 atom stereocenters. The lowest BCUT2D eigenvalue weighted by atomic mass is 10.0. The molecule has 2 aromatic rings. The number of hydrazine groups is 1. The van der Waals surface area contributed by atoms with Gasteiger partial charge in [-0.25, -0.2) is 5.43 Å². The average molecular weight is 261 g/mol. The molecule has 0 aliphatic carbocycles. The van der Waals surface area contributed by atoms with Gasteiger partial charge in [-0.15, -0.1) is 0 Å². The molecule has 0 saturated carbocycles. The smallest absolute Gasteiger partial charge is 0.137 e. The summed E-state index contributed by atoms with van der Waals surface area (Å²) in [5, 5.41) is 4.44. The minimum Gasteiger partial charge on any atom is -0.495 e. The van der Waals surface area contributed by atoms with E-state index in [4.69, 9.17) is 10.6 Å². The van der Waals surface area contributed by atoms with Crippen molar-refractivity contribution in [1.82, 2.24) is 20.2 Å². The van der Waals surface area contributed by atoms with Crippen molar-refractivity contribution in [3.05, 3.63) is 41.5 Å². The number of pyridine rings is 1. The molecule has 3 N–H and O–H groups in total. The number of nitrogens with zero attached hydrogens (tertiary/aromatic N) is 3. The molecule has 0 amide bonds. The molecule has 0 aliphatic heterocycles. The Kier molecular flexibility index (Phi) is 4.13. The van der Waals surface area contributed by atoms with Crippen LogP contribution in [-0.2, 0) is 13.5 Å². The fourth-order valence-corrected chi connectivity index (χ4v) is 2.14. The fourth-order valence-electron chi connectivity index (χ4n) is 2.14. The van der Waals surface area contributed by atoms with Crippen LogP contribution in [0.15, 0.2) is 24.7 Å². The maximum atomic E-state index is 5.71. The summed E-state index contributed by atoms with van der Waals surface area (Å²) in [6, 6.07) is 1.77. The van der Waals surface area contributed by atoms with Crippen LogP contribution < -0.4 is 16.0 Å². The van der Waals surface area contributed by atoms with Crippen LogP contribution >= 0.6 is 0 Å². The zero-order valence-electron chi connectivity index (χ0n) is 11.4. The van der Waals surface area contributed by atoms with Crippen molar-refractivity contribution < 1.29 is 4.74 Å². The number of hydrogen-bond acceptors (Lipinski definition) is 5. The van der Waals surface area contributed by atoms with Crippen LogP contribution in [0.3, 0.4) is 0 Å². The molecule has 19 heavy (non-hydrogen) atoms. The molecule has 102 valence electrons. The molecule has 2 heterocycles. The molecule has 1 unspecified atom stereocenters. The Balaban J connectivity index is 2.43. The van der Waals surface area contributed by atoms with Gasteiger partial charge in [0.1, 0.15) is 5.75 Å². The quantitative estimate of drug-likeness (QED) is 0.618. The predicted octanol–water partition coefficient (Wildman–Crippen LogP) is 0.939. The summed E-state index contributed by atoms with van der Waals surface area (Å²) in [6.45, 7) is 2.07. The minimum atomic E-state index is -0.147. The van der Waals surface area contributed by atoms with Crippen LogP contribution in [0.2, 0.25) is 0 Å². The van der Waals surface area contributed by atoms with E-state index in [1.165, 1.54) is 0 Å². The molecule has 0 aliphatic rings. The number of nitrogens with one attached hydrogen (secondary N) is 1. The van der Waals surface area contributed by atoms with Crippen molar-refractivity contribution >= 4 is 0 Å². The lowest BCUT2D eigenvalue weighted by Crippen LogP contribution is -2.29. The summed E-state index contributed by atoms with van der Waals surface area (Å²) < 4.78 is 6.99. The van der Waals surface area contributed by atoms with Crippen molar-refractivity contribution in [2.24, 2.45) is 12.9 Å². The van der Waals surface area contributed by atoms with Crippen LogP contribution in [0, 0.1) is 0 Å². The molecule has 6 heteroatoms. The molecule has 0 saturated heterocycles. The van der Waals surface area contributed by atoms with E-state index in [1.807, 2.05) is 19.3 Å². The SMILES string of the molecule is CCc1nn(C)cc1C(NN)c1cncc(OC)c1. The fraction of sp³-hybridized carbons (Fsp3) is 0.385. The second kappa shape index (κ2) is 5.81. The van der Waals surface area contributed by atoms with Crippen molar-refractivity contribution in [1.29, 1.82) is 0 Å². The molecule has 6 nitrogen and oxygen atoms in total. The number of methoxy groups -OCH3 is 1. The van der Waals surface area contributed by atoms with E-state index in [9.17, 15) is 0 Å². The summed E-state index contributed by atoms with van der Waals surface area (Å²) in [7, 11) is 3.52. The van der Waals surface area contributed by atoms with E-state index >= 15 is 0 Å². The van der Waals surface area contributed by atoms with Crippen LogP contribution in [-0.4, -0.2) is 21.9 Å². The van der Waals surface area contributed by atoms with Crippen LogP contribution in [0.5, 0.6) is 5.75 Å². The van der Waals surface area contributed by atoms with Gasteiger partial charge in [-0.1, -0.05) is 6.92 Å². The third kappa shape index (κ3) is 2.74. The highest BCUT2D eigenvalue weighted by atomic mass is 16.5. The predicted molar refractivity (Wildman–Crippen MR) is 72.5 cm³/mol. The first-order valence-electron chi connectivity index (χ1n) is 6.17. The number of nitrogens with two attached hydrogens (primary N) is 1. The van der Waals surface area contributed by atoms with Gasteiger partial charge >= 0.3 is 0 Å². The second-order valence-electron chi connectivity index (χ2n) is 4.32. The van der Waals surface area contributed by atoms with Gasteiger partial charge in [-0.3, -0.25) is 15.5 Å². The second-order valence-corrected chi connectivity index (χ2v) is 4.32. The van der Waals surface area contributed by atoms with E-state index < -0.39 is 0 Å². The third-order valence-corrected chi connectivity index (χ3v) is 3.05. The minimum absolute atomic E-state index is 0.147. The Morgan fingerprint density at radius 3 is 2.89 bits per heavy atom. The van der Waals surface area contributed by atoms with Gasteiger partial charge in [0.05, 0.1) is 25.0 Å². The monoisotopic (exact) mass is 261 g/mol. The van der Waals surface area contributed by atoms with Gasteiger partial charge in [0.15, 0.2) is 0 Å². The van der Waals surface area contributed by atoms with E-state index in [1.54, 1.807) is 24.2 Å².